The van der Waals surface area contributed by atoms with Gasteiger partial charge in [0.1, 0.15) is 6.10 Å². The van der Waals surface area contributed by atoms with Crippen LogP contribution in [0.4, 0.5) is 0 Å². The molecule has 1 fully saturated rings. The second-order valence-corrected chi connectivity index (χ2v) is 3.89. The largest absolute Gasteiger partial charge is 0.368 e. The number of ether oxygens (including phenoxy) is 1. The highest BCUT2D eigenvalue weighted by Crippen LogP contribution is 2.14. The number of nitrogens with zero attached hydrogens (tertiary/aromatic N) is 1. The SMILES string of the molecule is CCCN(CCCl)C(=O)C1CCCO1. The Bertz CT molecular complexity index is 175. The minimum atomic E-state index is -0.204. The summed E-state index contributed by atoms with van der Waals surface area (Å²) in [6.07, 6.45) is 2.62. The summed E-state index contributed by atoms with van der Waals surface area (Å²) in [5.74, 6) is 0.614. The molecular weight excluding hydrogens is 202 g/mol. The molecule has 4 heteroatoms. The number of amides is 1. The van der Waals surface area contributed by atoms with Gasteiger partial charge in [0.05, 0.1) is 0 Å². The van der Waals surface area contributed by atoms with Gasteiger partial charge < -0.3 is 9.64 Å². The summed E-state index contributed by atoms with van der Waals surface area (Å²) in [6, 6.07) is 0. The van der Waals surface area contributed by atoms with Crippen LogP contribution in [0.15, 0.2) is 0 Å². The van der Waals surface area contributed by atoms with Crippen molar-refractivity contribution in [2.24, 2.45) is 0 Å². The third kappa shape index (κ3) is 3.14. The number of hydrogen-bond donors (Lipinski definition) is 0. The van der Waals surface area contributed by atoms with Gasteiger partial charge in [-0.3, -0.25) is 4.79 Å². The molecule has 0 aromatic rings. The van der Waals surface area contributed by atoms with Crippen molar-refractivity contribution in [1.82, 2.24) is 4.90 Å². The molecule has 82 valence electrons. The predicted octanol–water partition coefficient (Wildman–Crippen LogP) is 1.64. The van der Waals surface area contributed by atoms with Crippen molar-refractivity contribution in [3.05, 3.63) is 0 Å². The molecule has 1 amide bonds. The first kappa shape index (κ1) is 11.8. The number of halogens is 1. The lowest BCUT2D eigenvalue weighted by molar-refractivity contribution is -0.140. The normalized spacial score (nSPS) is 21.1. The van der Waals surface area contributed by atoms with Crippen LogP contribution in [0.25, 0.3) is 0 Å². The molecule has 1 atom stereocenters. The van der Waals surface area contributed by atoms with E-state index in [2.05, 4.69) is 6.92 Å². The number of alkyl halides is 1. The molecule has 0 radical (unpaired) electrons. The fourth-order valence-electron chi connectivity index (χ4n) is 1.68. The Morgan fingerprint density at radius 3 is 2.86 bits per heavy atom. The van der Waals surface area contributed by atoms with E-state index in [4.69, 9.17) is 16.3 Å². The van der Waals surface area contributed by atoms with Crippen LogP contribution in [-0.2, 0) is 9.53 Å². The van der Waals surface area contributed by atoms with E-state index in [0.717, 1.165) is 32.4 Å². The third-order valence-corrected chi connectivity index (χ3v) is 2.53. The first-order valence-electron chi connectivity index (χ1n) is 5.26. The summed E-state index contributed by atoms with van der Waals surface area (Å²) in [5, 5.41) is 0. The Morgan fingerprint density at radius 1 is 1.57 bits per heavy atom. The molecule has 1 saturated heterocycles. The number of carbonyl (C=O) groups is 1. The van der Waals surface area contributed by atoms with Crippen LogP contribution in [0.2, 0.25) is 0 Å². The zero-order valence-electron chi connectivity index (χ0n) is 8.67. The molecule has 0 spiro atoms. The number of hydrogen-bond acceptors (Lipinski definition) is 2. The molecule has 1 unspecified atom stereocenters. The minimum absolute atomic E-state index is 0.116. The molecule has 1 rings (SSSR count). The van der Waals surface area contributed by atoms with Gasteiger partial charge in [-0.05, 0) is 19.3 Å². The van der Waals surface area contributed by atoms with Crippen LogP contribution in [-0.4, -0.2) is 42.5 Å². The van der Waals surface area contributed by atoms with Gasteiger partial charge in [0, 0.05) is 25.6 Å². The molecule has 0 aliphatic carbocycles. The molecule has 1 aliphatic heterocycles. The average molecular weight is 220 g/mol. The molecule has 1 heterocycles. The van der Waals surface area contributed by atoms with Gasteiger partial charge in [-0.2, -0.15) is 0 Å². The zero-order valence-corrected chi connectivity index (χ0v) is 9.42. The molecular formula is C10H18ClNO2. The van der Waals surface area contributed by atoms with Gasteiger partial charge in [0.25, 0.3) is 5.91 Å². The molecule has 1 aliphatic rings. The van der Waals surface area contributed by atoms with Gasteiger partial charge in [0.2, 0.25) is 0 Å². The summed E-state index contributed by atoms with van der Waals surface area (Å²) in [6.45, 7) is 4.20. The van der Waals surface area contributed by atoms with E-state index in [9.17, 15) is 4.79 Å². The molecule has 3 nitrogen and oxygen atoms in total. The highest BCUT2D eigenvalue weighted by molar-refractivity contribution is 6.18. The Hall–Kier alpha value is -0.280. The zero-order chi connectivity index (χ0) is 10.4. The fraction of sp³-hybridized carbons (Fsp3) is 0.900. The summed E-state index contributed by atoms with van der Waals surface area (Å²) in [4.78, 5) is 13.7. The number of carbonyl (C=O) groups excluding carboxylic acids is 1. The van der Waals surface area contributed by atoms with Crippen molar-refractivity contribution in [2.45, 2.75) is 32.3 Å². The van der Waals surface area contributed by atoms with Crippen molar-refractivity contribution in [3.63, 3.8) is 0 Å². The maximum absolute atomic E-state index is 11.9. The van der Waals surface area contributed by atoms with Crippen LogP contribution in [0.1, 0.15) is 26.2 Å². The van der Waals surface area contributed by atoms with E-state index in [1.54, 1.807) is 0 Å². The van der Waals surface area contributed by atoms with Crippen molar-refractivity contribution in [2.75, 3.05) is 25.6 Å². The Kier molecular flexibility index (Phi) is 5.26. The Labute approximate surface area is 90.4 Å². The lowest BCUT2D eigenvalue weighted by Crippen LogP contribution is -2.40. The summed E-state index contributed by atoms with van der Waals surface area (Å²) in [7, 11) is 0. The van der Waals surface area contributed by atoms with E-state index >= 15 is 0 Å². The Balaban J connectivity index is 2.43. The van der Waals surface area contributed by atoms with Gasteiger partial charge in [0.15, 0.2) is 0 Å². The van der Waals surface area contributed by atoms with Crippen molar-refractivity contribution < 1.29 is 9.53 Å². The maximum atomic E-state index is 11.9. The molecule has 0 N–H and O–H groups in total. The molecule has 0 bridgehead atoms. The summed E-state index contributed by atoms with van der Waals surface area (Å²) < 4.78 is 5.35. The predicted molar refractivity (Wildman–Crippen MR) is 56.6 cm³/mol. The van der Waals surface area contributed by atoms with Crippen LogP contribution in [0.5, 0.6) is 0 Å². The van der Waals surface area contributed by atoms with Crippen LogP contribution in [0.3, 0.4) is 0 Å². The third-order valence-electron chi connectivity index (χ3n) is 2.36. The molecule has 0 aromatic carbocycles. The highest BCUT2D eigenvalue weighted by atomic mass is 35.5. The highest BCUT2D eigenvalue weighted by Gasteiger charge is 2.27. The average Bonchev–Trinajstić information content (AvgIpc) is 2.69. The summed E-state index contributed by atoms with van der Waals surface area (Å²) >= 11 is 5.65. The second kappa shape index (κ2) is 6.25. The van der Waals surface area contributed by atoms with E-state index in [1.165, 1.54) is 0 Å². The van der Waals surface area contributed by atoms with Crippen molar-refractivity contribution in [3.8, 4) is 0 Å². The van der Waals surface area contributed by atoms with E-state index in [-0.39, 0.29) is 12.0 Å². The van der Waals surface area contributed by atoms with E-state index in [0.29, 0.717) is 12.4 Å². The first-order chi connectivity index (χ1) is 6.79. The fourth-order valence-corrected chi connectivity index (χ4v) is 1.88. The minimum Gasteiger partial charge on any atom is -0.368 e. The van der Waals surface area contributed by atoms with Gasteiger partial charge in [-0.25, -0.2) is 0 Å². The maximum Gasteiger partial charge on any atom is 0.251 e. The molecule has 14 heavy (non-hydrogen) atoms. The standard InChI is InChI=1S/C10H18ClNO2/c1-2-6-12(7-5-11)10(13)9-4-3-8-14-9/h9H,2-8H2,1H3. The Morgan fingerprint density at radius 2 is 2.36 bits per heavy atom. The molecule has 0 saturated carbocycles. The number of rotatable bonds is 5. The lowest BCUT2D eigenvalue weighted by Gasteiger charge is -2.23. The monoisotopic (exact) mass is 219 g/mol. The molecule has 0 aromatic heterocycles. The van der Waals surface area contributed by atoms with Crippen LogP contribution < -0.4 is 0 Å². The van der Waals surface area contributed by atoms with E-state index < -0.39 is 0 Å². The van der Waals surface area contributed by atoms with Crippen LogP contribution >= 0.6 is 11.6 Å². The van der Waals surface area contributed by atoms with Gasteiger partial charge >= 0.3 is 0 Å². The van der Waals surface area contributed by atoms with Crippen LogP contribution in [0, 0.1) is 0 Å². The van der Waals surface area contributed by atoms with Gasteiger partial charge in [-0.1, -0.05) is 6.92 Å². The first-order valence-corrected chi connectivity index (χ1v) is 5.79. The van der Waals surface area contributed by atoms with E-state index in [1.807, 2.05) is 4.90 Å². The lowest BCUT2D eigenvalue weighted by atomic mass is 10.2. The quantitative estimate of drug-likeness (QED) is 0.658. The second-order valence-electron chi connectivity index (χ2n) is 3.52. The van der Waals surface area contributed by atoms with Crippen molar-refractivity contribution in [1.29, 1.82) is 0 Å². The smallest absolute Gasteiger partial charge is 0.251 e. The van der Waals surface area contributed by atoms with Crippen molar-refractivity contribution >= 4 is 17.5 Å². The topological polar surface area (TPSA) is 29.5 Å². The summed E-state index contributed by atoms with van der Waals surface area (Å²) in [5.41, 5.74) is 0. The van der Waals surface area contributed by atoms with Gasteiger partial charge in [-0.15, -0.1) is 11.6 Å².